The van der Waals surface area contributed by atoms with Crippen LogP contribution in [-0.4, -0.2) is 61.0 Å². The maximum atomic E-state index is 12.3. The highest BCUT2D eigenvalue weighted by Crippen LogP contribution is 2.09. The molecule has 0 unspecified atom stereocenters. The van der Waals surface area contributed by atoms with Gasteiger partial charge in [0.05, 0.1) is 13.0 Å². The number of hydrogen-bond acceptors (Lipinski definition) is 4. The minimum atomic E-state index is -0.142. The van der Waals surface area contributed by atoms with Crippen LogP contribution in [0.2, 0.25) is 0 Å². The smallest absolute Gasteiger partial charge is 0.307 e. The van der Waals surface area contributed by atoms with Crippen LogP contribution in [-0.2, 0) is 20.7 Å². The quantitative estimate of drug-likeness (QED) is 0.684. The third-order valence-electron chi connectivity index (χ3n) is 4.36. The van der Waals surface area contributed by atoms with Gasteiger partial charge in [-0.2, -0.15) is 0 Å². The van der Waals surface area contributed by atoms with Crippen molar-refractivity contribution in [3.8, 4) is 0 Å². The van der Waals surface area contributed by atoms with Crippen LogP contribution in [0.1, 0.15) is 31.7 Å². The number of piperazine rings is 1. The number of aryl methyl sites for hydroxylation is 1. The zero-order valence-electron chi connectivity index (χ0n) is 14.6. The summed E-state index contributed by atoms with van der Waals surface area (Å²) in [6, 6.07) is 10.3. The summed E-state index contributed by atoms with van der Waals surface area (Å²) in [6.07, 6.45) is 2.88. The van der Waals surface area contributed by atoms with Crippen molar-refractivity contribution < 1.29 is 14.3 Å². The van der Waals surface area contributed by atoms with Crippen LogP contribution in [0.15, 0.2) is 30.3 Å². The molecule has 0 aromatic heterocycles. The number of carbonyl (C=O) groups excluding carboxylic acids is 2. The van der Waals surface area contributed by atoms with Crippen LogP contribution >= 0.6 is 0 Å². The predicted octanol–water partition coefficient (Wildman–Crippen LogP) is 2.11. The van der Waals surface area contributed by atoms with Crippen molar-refractivity contribution in [1.29, 1.82) is 0 Å². The average Bonchev–Trinajstić information content (AvgIpc) is 2.61. The molecular weight excluding hydrogens is 304 g/mol. The lowest BCUT2D eigenvalue weighted by Gasteiger charge is -2.34. The predicted molar refractivity (Wildman–Crippen MR) is 93.7 cm³/mol. The van der Waals surface area contributed by atoms with Crippen LogP contribution in [0.3, 0.4) is 0 Å². The first kappa shape index (κ1) is 18.5. The summed E-state index contributed by atoms with van der Waals surface area (Å²) in [7, 11) is 0. The molecule has 0 saturated carbocycles. The molecular formula is C19H28N2O3. The summed E-state index contributed by atoms with van der Waals surface area (Å²) in [5.41, 5.74) is 1.29. The summed E-state index contributed by atoms with van der Waals surface area (Å²) < 4.78 is 4.94. The lowest BCUT2D eigenvalue weighted by molar-refractivity contribution is -0.144. The lowest BCUT2D eigenvalue weighted by Crippen LogP contribution is -2.49. The van der Waals surface area contributed by atoms with Crippen LogP contribution in [0.25, 0.3) is 0 Å². The first-order valence-electron chi connectivity index (χ1n) is 8.88. The van der Waals surface area contributed by atoms with Crippen molar-refractivity contribution in [1.82, 2.24) is 9.80 Å². The Kier molecular flexibility index (Phi) is 7.75. The number of esters is 1. The summed E-state index contributed by atoms with van der Waals surface area (Å²) in [6.45, 7) is 6.16. The second-order valence-corrected chi connectivity index (χ2v) is 6.12. The van der Waals surface area contributed by atoms with Crippen LogP contribution in [0.5, 0.6) is 0 Å². The van der Waals surface area contributed by atoms with Crippen molar-refractivity contribution in [2.24, 2.45) is 0 Å². The first-order chi connectivity index (χ1) is 11.7. The first-order valence-corrected chi connectivity index (χ1v) is 8.88. The normalized spacial score (nSPS) is 15.3. The number of hydrogen-bond donors (Lipinski definition) is 0. The molecule has 24 heavy (non-hydrogen) atoms. The molecule has 0 radical (unpaired) electrons. The largest absolute Gasteiger partial charge is 0.466 e. The summed E-state index contributed by atoms with van der Waals surface area (Å²) in [5.74, 6) is 0.105. The van der Waals surface area contributed by atoms with Crippen LogP contribution < -0.4 is 0 Å². The summed E-state index contributed by atoms with van der Waals surface area (Å²) in [5, 5.41) is 0. The second-order valence-electron chi connectivity index (χ2n) is 6.12. The number of rotatable bonds is 8. The Balaban J connectivity index is 1.61. The van der Waals surface area contributed by atoms with E-state index in [0.29, 0.717) is 19.4 Å². The molecule has 0 bridgehead atoms. The fourth-order valence-electron chi connectivity index (χ4n) is 2.95. The number of ether oxygens (including phenoxy) is 1. The van der Waals surface area contributed by atoms with Gasteiger partial charge in [-0.1, -0.05) is 30.3 Å². The lowest BCUT2D eigenvalue weighted by atomic mass is 10.1. The highest BCUT2D eigenvalue weighted by molar-refractivity contribution is 5.76. The van der Waals surface area contributed by atoms with E-state index in [0.717, 1.165) is 45.6 Å². The molecule has 1 aliphatic heterocycles. The van der Waals surface area contributed by atoms with E-state index in [4.69, 9.17) is 4.74 Å². The molecule has 1 saturated heterocycles. The molecule has 1 heterocycles. The van der Waals surface area contributed by atoms with E-state index in [9.17, 15) is 9.59 Å². The zero-order valence-corrected chi connectivity index (χ0v) is 14.6. The molecule has 2 rings (SSSR count). The van der Waals surface area contributed by atoms with Gasteiger partial charge in [0.25, 0.3) is 0 Å². The van der Waals surface area contributed by atoms with Gasteiger partial charge in [0.2, 0.25) is 5.91 Å². The highest BCUT2D eigenvalue weighted by atomic mass is 16.5. The van der Waals surface area contributed by atoms with Gasteiger partial charge < -0.3 is 9.64 Å². The molecule has 5 nitrogen and oxygen atoms in total. The van der Waals surface area contributed by atoms with Gasteiger partial charge in [-0.3, -0.25) is 14.5 Å². The molecule has 132 valence electrons. The summed E-state index contributed by atoms with van der Waals surface area (Å²) in [4.78, 5) is 27.8. The van der Waals surface area contributed by atoms with Gasteiger partial charge in [-0.25, -0.2) is 0 Å². The summed E-state index contributed by atoms with van der Waals surface area (Å²) >= 11 is 0. The van der Waals surface area contributed by atoms with Gasteiger partial charge in [0, 0.05) is 39.1 Å². The fraction of sp³-hybridized carbons (Fsp3) is 0.579. The van der Waals surface area contributed by atoms with E-state index >= 15 is 0 Å². The van der Waals surface area contributed by atoms with Gasteiger partial charge in [-0.15, -0.1) is 0 Å². The monoisotopic (exact) mass is 332 g/mol. The van der Waals surface area contributed by atoms with Gasteiger partial charge >= 0.3 is 5.97 Å². The Morgan fingerprint density at radius 1 is 1.04 bits per heavy atom. The number of nitrogens with zero attached hydrogens (tertiary/aromatic N) is 2. The number of carbonyl (C=O) groups is 2. The Hall–Kier alpha value is -1.88. The SMILES string of the molecule is CCOC(=O)CCN1CCN(C(=O)CCCc2ccccc2)CC1. The Bertz CT molecular complexity index is 511. The standard InChI is InChI=1S/C19H28N2O3/c1-2-24-19(23)11-12-20-13-15-21(16-14-20)18(22)10-6-9-17-7-4-3-5-8-17/h3-5,7-8H,2,6,9-16H2,1H3. The van der Waals surface area contributed by atoms with Crippen molar-refractivity contribution in [3.05, 3.63) is 35.9 Å². The number of amides is 1. The van der Waals surface area contributed by atoms with E-state index in [1.807, 2.05) is 30.0 Å². The van der Waals surface area contributed by atoms with E-state index in [-0.39, 0.29) is 11.9 Å². The zero-order chi connectivity index (χ0) is 17.2. The maximum Gasteiger partial charge on any atom is 0.307 e. The molecule has 0 aliphatic carbocycles. The maximum absolute atomic E-state index is 12.3. The molecule has 1 aromatic carbocycles. The van der Waals surface area contributed by atoms with Crippen molar-refractivity contribution in [3.63, 3.8) is 0 Å². The van der Waals surface area contributed by atoms with Crippen LogP contribution in [0, 0.1) is 0 Å². The van der Waals surface area contributed by atoms with E-state index in [1.165, 1.54) is 5.56 Å². The number of benzene rings is 1. The Morgan fingerprint density at radius 2 is 1.75 bits per heavy atom. The molecule has 1 aromatic rings. The highest BCUT2D eigenvalue weighted by Gasteiger charge is 2.21. The van der Waals surface area contributed by atoms with Crippen LogP contribution in [0.4, 0.5) is 0 Å². The minimum absolute atomic E-state index is 0.142. The molecule has 1 fully saturated rings. The topological polar surface area (TPSA) is 49.9 Å². The van der Waals surface area contributed by atoms with Gasteiger partial charge in [-0.05, 0) is 25.3 Å². The van der Waals surface area contributed by atoms with Crippen molar-refractivity contribution in [2.45, 2.75) is 32.6 Å². The van der Waals surface area contributed by atoms with Gasteiger partial charge in [0.1, 0.15) is 0 Å². The fourth-order valence-corrected chi connectivity index (χ4v) is 2.95. The molecule has 5 heteroatoms. The average molecular weight is 332 g/mol. The molecule has 0 spiro atoms. The van der Waals surface area contributed by atoms with Crippen molar-refractivity contribution >= 4 is 11.9 Å². The molecule has 0 atom stereocenters. The minimum Gasteiger partial charge on any atom is -0.466 e. The van der Waals surface area contributed by atoms with Crippen molar-refractivity contribution in [2.75, 3.05) is 39.3 Å². The Labute approximate surface area is 144 Å². The second kappa shape index (κ2) is 10.1. The third-order valence-corrected chi connectivity index (χ3v) is 4.36. The Morgan fingerprint density at radius 3 is 2.42 bits per heavy atom. The van der Waals surface area contributed by atoms with E-state index in [2.05, 4.69) is 17.0 Å². The molecule has 1 amide bonds. The van der Waals surface area contributed by atoms with E-state index in [1.54, 1.807) is 0 Å². The van der Waals surface area contributed by atoms with Gasteiger partial charge in [0.15, 0.2) is 0 Å². The molecule has 0 N–H and O–H groups in total. The van der Waals surface area contributed by atoms with E-state index < -0.39 is 0 Å². The third kappa shape index (κ3) is 6.32. The molecule has 1 aliphatic rings.